The van der Waals surface area contributed by atoms with Gasteiger partial charge in [-0.1, -0.05) is 23.7 Å². The van der Waals surface area contributed by atoms with E-state index in [0.29, 0.717) is 63.8 Å². The summed E-state index contributed by atoms with van der Waals surface area (Å²) < 4.78 is 40.5. The first-order chi connectivity index (χ1) is 18.6. The zero-order valence-electron chi connectivity index (χ0n) is 21.7. The maximum Gasteiger partial charge on any atom is 0.416 e. The summed E-state index contributed by atoms with van der Waals surface area (Å²) in [5.41, 5.74) is 3.85. The highest BCUT2D eigenvalue weighted by Crippen LogP contribution is 2.32. The van der Waals surface area contributed by atoms with Crippen molar-refractivity contribution in [1.82, 2.24) is 19.6 Å². The van der Waals surface area contributed by atoms with Crippen LogP contribution in [0.25, 0.3) is 11.3 Å². The summed E-state index contributed by atoms with van der Waals surface area (Å²) in [4.78, 5) is 18.1. The quantitative estimate of drug-likeness (QED) is 0.486. The third-order valence-electron chi connectivity index (χ3n) is 7.48. The van der Waals surface area contributed by atoms with Crippen molar-refractivity contribution in [3.63, 3.8) is 0 Å². The van der Waals surface area contributed by atoms with Gasteiger partial charge in [-0.05, 0) is 36.4 Å². The zero-order chi connectivity index (χ0) is 27.7. The second-order valence-corrected chi connectivity index (χ2v) is 10.6. The molecule has 39 heavy (non-hydrogen) atoms. The van der Waals surface area contributed by atoms with Crippen molar-refractivity contribution in [3.05, 3.63) is 70.4 Å². The van der Waals surface area contributed by atoms with Gasteiger partial charge in [-0.3, -0.25) is 14.4 Å². The lowest BCUT2D eigenvalue weighted by molar-refractivity contribution is -0.137. The first kappa shape index (κ1) is 27.5. The summed E-state index contributed by atoms with van der Waals surface area (Å²) in [5, 5.41) is 16.5. The highest BCUT2D eigenvalue weighted by Gasteiger charge is 2.31. The molecule has 208 valence electrons. The number of amides is 1. The van der Waals surface area contributed by atoms with E-state index in [4.69, 9.17) is 16.7 Å². The van der Waals surface area contributed by atoms with E-state index in [2.05, 4.69) is 9.80 Å². The highest BCUT2D eigenvalue weighted by atomic mass is 35.5. The summed E-state index contributed by atoms with van der Waals surface area (Å²) >= 11 is 6.08. The lowest BCUT2D eigenvalue weighted by Crippen LogP contribution is -2.49. The van der Waals surface area contributed by atoms with Crippen molar-refractivity contribution in [1.29, 1.82) is 0 Å². The molecule has 1 saturated heterocycles. The van der Waals surface area contributed by atoms with Gasteiger partial charge in [0.2, 0.25) is 5.91 Å². The maximum atomic E-state index is 12.9. The largest absolute Gasteiger partial charge is 0.416 e. The fourth-order valence-corrected chi connectivity index (χ4v) is 5.48. The Morgan fingerprint density at radius 1 is 1.00 bits per heavy atom. The number of hydrogen-bond donors (Lipinski definition) is 1. The molecule has 1 unspecified atom stereocenters. The number of alkyl halides is 3. The van der Waals surface area contributed by atoms with Gasteiger partial charge in [-0.25, -0.2) is 0 Å². The Morgan fingerprint density at radius 2 is 1.67 bits per heavy atom. The number of piperazine rings is 1. The van der Waals surface area contributed by atoms with Gasteiger partial charge in [0.05, 0.1) is 23.9 Å². The molecule has 1 fully saturated rings. The molecule has 1 aromatic heterocycles. The second-order valence-electron chi connectivity index (χ2n) is 10.1. The summed E-state index contributed by atoms with van der Waals surface area (Å²) in [6.45, 7) is 6.16. The number of aliphatic hydroxyl groups is 1. The van der Waals surface area contributed by atoms with E-state index in [1.165, 1.54) is 12.1 Å². The molecule has 7 nitrogen and oxygen atoms in total. The van der Waals surface area contributed by atoms with Crippen LogP contribution in [0.5, 0.6) is 0 Å². The van der Waals surface area contributed by atoms with Crippen molar-refractivity contribution in [3.8, 4) is 11.3 Å². The lowest BCUT2D eigenvalue weighted by Gasteiger charge is -2.37. The Morgan fingerprint density at radius 3 is 2.28 bits per heavy atom. The number of rotatable bonds is 6. The molecule has 1 amide bonds. The summed E-state index contributed by atoms with van der Waals surface area (Å²) in [6, 6.07) is 12.7. The molecule has 5 rings (SSSR count). The molecule has 3 heterocycles. The predicted molar refractivity (Wildman–Crippen MR) is 144 cm³/mol. The Labute approximate surface area is 230 Å². The van der Waals surface area contributed by atoms with E-state index in [1.807, 2.05) is 28.9 Å². The topological polar surface area (TPSA) is 64.8 Å². The number of aromatic nitrogens is 2. The number of hydrogen-bond acceptors (Lipinski definition) is 5. The molecule has 0 bridgehead atoms. The van der Waals surface area contributed by atoms with Crippen molar-refractivity contribution in [2.45, 2.75) is 38.7 Å². The van der Waals surface area contributed by atoms with Crippen LogP contribution in [0.3, 0.4) is 0 Å². The number of anilines is 1. The number of carbonyl (C=O) groups is 1. The Balaban J connectivity index is 1.23. The number of halogens is 4. The number of aliphatic hydroxyl groups excluding tert-OH is 1. The minimum absolute atomic E-state index is 0.0194. The van der Waals surface area contributed by atoms with Crippen LogP contribution in [0.15, 0.2) is 48.5 Å². The number of benzene rings is 2. The van der Waals surface area contributed by atoms with E-state index in [0.717, 1.165) is 40.3 Å². The average Bonchev–Trinajstić information content (AvgIpc) is 3.26. The number of β-amino-alcohol motifs (C(OH)–C–C–N with tert-alkyl or cyclic N) is 1. The van der Waals surface area contributed by atoms with Crippen molar-refractivity contribution < 1.29 is 23.1 Å². The van der Waals surface area contributed by atoms with E-state index in [9.17, 15) is 23.1 Å². The molecule has 0 aliphatic carbocycles. The molecular formula is C28H31ClF3N5O2. The van der Waals surface area contributed by atoms with Crippen LogP contribution in [-0.2, 0) is 30.5 Å². The molecule has 0 saturated carbocycles. The van der Waals surface area contributed by atoms with Crippen LogP contribution in [0.4, 0.5) is 18.9 Å². The van der Waals surface area contributed by atoms with Gasteiger partial charge >= 0.3 is 6.18 Å². The molecule has 2 aromatic carbocycles. The van der Waals surface area contributed by atoms with Gasteiger partial charge in [0.15, 0.2) is 0 Å². The van der Waals surface area contributed by atoms with Crippen LogP contribution < -0.4 is 4.90 Å². The van der Waals surface area contributed by atoms with E-state index >= 15 is 0 Å². The molecule has 11 heteroatoms. The van der Waals surface area contributed by atoms with Crippen LogP contribution >= 0.6 is 11.6 Å². The number of carbonyl (C=O) groups excluding carboxylic acids is 1. The Hall–Kier alpha value is -3.08. The molecule has 1 N–H and O–H groups in total. The standard InChI is InChI=1S/C28H31ClF3N5O2/c1-19(38)36-11-10-26-25(18-36)27(20-2-6-22(29)7-3-20)33-37(26)17-24(39)16-34-12-14-35(15-13-34)23-8-4-21(5-9-23)28(30,31)32/h2-9,24,39H,10-18H2,1H3. The van der Waals surface area contributed by atoms with Crippen molar-refractivity contribution in [2.24, 2.45) is 0 Å². The Bertz CT molecular complexity index is 1300. The van der Waals surface area contributed by atoms with E-state index in [-0.39, 0.29) is 5.91 Å². The van der Waals surface area contributed by atoms with Crippen LogP contribution in [-0.4, -0.2) is 76.0 Å². The summed E-state index contributed by atoms with van der Waals surface area (Å²) in [7, 11) is 0. The third-order valence-corrected chi connectivity index (χ3v) is 7.73. The molecule has 2 aliphatic rings. The zero-order valence-corrected chi connectivity index (χ0v) is 22.4. The molecule has 2 aliphatic heterocycles. The summed E-state index contributed by atoms with van der Waals surface area (Å²) in [6.07, 6.45) is -4.34. The van der Waals surface area contributed by atoms with Gasteiger partial charge in [0, 0.05) is 86.7 Å². The van der Waals surface area contributed by atoms with Crippen molar-refractivity contribution >= 4 is 23.2 Å². The highest BCUT2D eigenvalue weighted by molar-refractivity contribution is 6.30. The SMILES string of the molecule is CC(=O)N1CCc2c(c(-c3ccc(Cl)cc3)nn2CC(O)CN2CCN(c3ccc(C(F)(F)F)cc3)CC2)C1. The van der Waals surface area contributed by atoms with E-state index < -0.39 is 17.8 Å². The first-order valence-electron chi connectivity index (χ1n) is 13.0. The van der Waals surface area contributed by atoms with Crippen LogP contribution in [0.2, 0.25) is 5.02 Å². The molecule has 1 atom stereocenters. The predicted octanol–water partition coefficient (Wildman–Crippen LogP) is 4.31. The molecule has 0 spiro atoms. The first-order valence-corrected chi connectivity index (χ1v) is 13.4. The fraction of sp³-hybridized carbons (Fsp3) is 0.429. The normalized spacial score (nSPS) is 17.3. The van der Waals surface area contributed by atoms with Gasteiger partial charge < -0.3 is 14.9 Å². The van der Waals surface area contributed by atoms with Gasteiger partial charge in [-0.2, -0.15) is 18.3 Å². The average molecular weight is 562 g/mol. The van der Waals surface area contributed by atoms with Crippen LogP contribution in [0.1, 0.15) is 23.7 Å². The van der Waals surface area contributed by atoms with Gasteiger partial charge in [-0.15, -0.1) is 0 Å². The third kappa shape index (κ3) is 6.23. The van der Waals surface area contributed by atoms with Crippen molar-refractivity contribution in [2.75, 3.05) is 44.2 Å². The van der Waals surface area contributed by atoms with E-state index in [1.54, 1.807) is 11.8 Å². The fourth-order valence-electron chi connectivity index (χ4n) is 5.36. The number of fused-ring (bicyclic) bond motifs is 1. The molecular weight excluding hydrogens is 531 g/mol. The summed E-state index contributed by atoms with van der Waals surface area (Å²) in [5.74, 6) is 0.0194. The number of nitrogens with zero attached hydrogens (tertiary/aromatic N) is 5. The minimum Gasteiger partial charge on any atom is -0.390 e. The van der Waals surface area contributed by atoms with Crippen LogP contribution in [0, 0.1) is 0 Å². The minimum atomic E-state index is -4.34. The van der Waals surface area contributed by atoms with Gasteiger partial charge in [0.1, 0.15) is 0 Å². The Kier molecular flexibility index (Phi) is 7.89. The second kappa shape index (κ2) is 11.2. The smallest absolute Gasteiger partial charge is 0.390 e. The monoisotopic (exact) mass is 561 g/mol. The lowest BCUT2D eigenvalue weighted by atomic mass is 10.0. The molecule has 0 radical (unpaired) electrons. The van der Waals surface area contributed by atoms with Gasteiger partial charge in [0.25, 0.3) is 0 Å². The molecule has 3 aromatic rings. The maximum absolute atomic E-state index is 12.9.